The lowest BCUT2D eigenvalue weighted by Gasteiger charge is -2.10. The van der Waals surface area contributed by atoms with Gasteiger partial charge in [0.25, 0.3) is 0 Å². The SMILES string of the molecule is CSc1ccc(Oc2ccc3ncccc3c2N)cc1. The van der Waals surface area contributed by atoms with Crippen LogP contribution in [0.5, 0.6) is 11.5 Å². The number of hydrogen-bond donors (Lipinski definition) is 1. The van der Waals surface area contributed by atoms with Gasteiger partial charge in [0.1, 0.15) is 5.75 Å². The summed E-state index contributed by atoms with van der Waals surface area (Å²) < 4.78 is 5.85. The first-order valence-corrected chi connectivity index (χ1v) is 7.45. The number of nitrogen functional groups attached to an aromatic ring is 1. The Bertz CT molecular complexity index is 741. The third-order valence-electron chi connectivity index (χ3n) is 3.07. The standard InChI is InChI=1S/C16H14N2OS/c1-20-12-6-4-11(5-7-12)19-15-9-8-14-13(16(15)17)3-2-10-18-14/h2-10H,17H2,1H3. The molecule has 3 aromatic rings. The summed E-state index contributed by atoms with van der Waals surface area (Å²) in [6.07, 6.45) is 3.80. The van der Waals surface area contributed by atoms with Gasteiger partial charge in [-0.2, -0.15) is 0 Å². The van der Waals surface area contributed by atoms with E-state index in [1.165, 1.54) is 4.90 Å². The van der Waals surface area contributed by atoms with Crippen LogP contribution in [0.15, 0.2) is 59.6 Å². The molecule has 2 aromatic carbocycles. The van der Waals surface area contributed by atoms with Gasteiger partial charge in [-0.3, -0.25) is 4.98 Å². The van der Waals surface area contributed by atoms with Gasteiger partial charge in [-0.05, 0) is 54.8 Å². The molecule has 3 nitrogen and oxygen atoms in total. The highest BCUT2D eigenvalue weighted by atomic mass is 32.2. The van der Waals surface area contributed by atoms with Crippen LogP contribution in [0.3, 0.4) is 0 Å². The summed E-state index contributed by atoms with van der Waals surface area (Å²) in [7, 11) is 0. The Morgan fingerprint density at radius 2 is 1.85 bits per heavy atom. The number of nitrogens with two attached hydrogens (primary N) is 1. The van der Waals surface area contributed by atoms with E-state index < -0.39 is 0 Å². The summed E-state index contributed by atoms with van der Waals surface area (Å²) in [6.45, 7) is 0. The maximum Gasteiger partial charge on any atom is 0.151 e. The zero-order valence-electron chi connectivity index (χ0n) is 11.0. The molecule has 0 aliphatic carbocycles. The molecule has 0 radical (unpaired) electrons. The number of anilines is 1. The molecule has 0 amide bonds. The zero-order chi connectivity index (χ0) is 13.9. The van der Waals surface area contributed by atoms with Gasteiger partial charge in [0.05, 0.1) is 11.2 Å². The van der Waals surface area contributed by atoms with Crippen molar-refractivity contribution in [2.45, 2.75) is 4.90 Å². The summed E-state index contributed by atoms with van der Waals surface area (Å²) in [6, 6.07) is 15.5. The van der Waals surface area contributed by atoms with Crippen molar-refractivity contribution < 1.29 is 4.74 Å². The molecule has 0 atom stereocenters. The lowest BCUT2D eigenvalue weighted by molar-refractivity contribution is 0.485. The van der Waals surface area contributed by atoms with E-state index in [-0.39, 0.29) is 0 Å². The van der Waals surface area contributed by atoms with Crippen molar-refractivity contribution in [2.24, 2.45) is 0 Å². The molecule has 0 aliphatic rings. The van der Waals surface area contributed by atoms with Gasteiger partial charge in [-0.25, -0.2) is 0 Å². The van der Waals surface area contributed by atoms with Crippen molar-refractivity contribution in [3.05, 3.63) is 54.7 Å². The van der Waals surface area contributed by atoms with Crippen LogP contribution >= 0.6 is 11.8 Å². The average molecular weight is 282 g/mol. The second-order valence-corrected chi connectivity index (χ2v) is 5.20. The molecule has 0 spiro atoms. The van der Waals surface area contributed by atoms with Gasteiger partial charge in [0.2, 0.25) is 0 Å². The number of aromatic nitrogens is 1. The van der Waals surface area contributed by atoms with Crippen LogP contribution < -0.4 is 10.5 Å². The van der Waals surface area contributed by atoms with E-state index in [9.17, 15) is 0 Å². The van der Waals surface area contributed by atoms with Crippen LogP contribution in [0.25, 0.3) is 10.9 Å². The molecular formula is C16H14N2OS. The minimum absolute atomic E-state index is 0.615. The minimum atomic E-state index is 0.615. The number of benzene rings is 2. The van der Waals surface area contributed by atoms with Gasteiger partial charge in [0.15, 0.2) is 5.75 Å². The van der Waals surface area contributed by atoms with Gasteiger partial charge in [-0.15, -0.1) is 11.8 Å². The molecular weight excluding hydrogens is 268 g/mol. The summed E-state index contributed by atoms with van der Waals surface area (Å²) >= 11 is 1.70. The normalized spacial score (nSPS) is 10.7. The average Bonchev–Trinajstić information content (AvgIpc) is 2.51. The Kier molecular flexibility index (Phi) is 3.48. The number of thioether (sulfide) groups is 1. The quantitative estimate of drug-likeness (QED) is 0.573. The summed E-state index contributed by atoms with van der Waals surface area (Å²) in [5.41, 5.74) is 7.64. The molecule has 0 saturated carbocycles. The largest absolute Gasteiger partial charge is 0.455 e. The molecule has 2 N–H and O–H groups in total. The molecule has 0 bridgehead atoms. The topological polar surface area (TPSA) is 48.1 Å². The maximum absolute atomic E-state index is 6.15. The number of rotatable bonds is 3. The molecule has 0 saturated heterocycles. The van der Waals surface area contributed by atoms with Crippen LogP contribution in [0.4, 0.5) is 5.69 Å². The monoisotopic (exact) mass is 282 g/mol. The third kappa shape index (κ3) is 2.42. The number of hydrogen-bond acceptors (Lipinski definition) is 4. The van der Waals surface area contributed by atoms with Crippen LogP contribution in [0, 0.1) is 0 Å². The second kappa shape index (κ2) is 5.43. The summed E-state index contributed by atoms with van der Waals surface area (Å²) in [4.78, 5) is 5.48. The Hall–Kier alpha value is -2.20. The smallest absolute Gasteiger partial charge is 0.151 e. The van der Waals surface area contributed by atoms with E-state index >= 15 is 0 Å². The van der Waals surface area contributed by atoms with Crippen molar-refractivity contribution in [3.63, 3.8) is 0 Å². The molecule has 0 fully saturated rings. The van der Waals surface area contributed by atoms with E-state index in [0.717, 1.165) is 16.7 Å². The number of nitrogens with zero attached hydrogens (tertiary/aromatic N) is 1. The predicted octanol–water partition coefficient (Wildman–Crippen LogP) is 4.33. The van der Waals surface area contributed by atoms with E-state index in [1.54, 1.807) is 18.0 Å². The lowest BCUT2D eigenvalue weighted by atomic mass is 10.1. The van der Waals surface area contributed by atoms with Gasteiger partial charge < -0.3 is 10.5 Å². The van der Waals surface area contributed by atoms with E-state index in [0.29, 0.717) is 11.4 Å². The van der Waals surface area contributed by atoms with Crippen LogP contribution in [-0.4, -0.2) is 11.2 Å². The first-order valence-electron chi connectivity index (χ1n) is 6.23. The molecule has 0 unspecified atom stereocenters. The third-order valence-corrected chi connectivity index (χ3v) is 3.82. The van der Waals surface area contributed by atoms with Crippen LogP contribution in [0.2, 0.25) is 0 Å². The van der Waals surface area contributed by atoms with Crippen molar-refractivity contribution >= 4 is 28.4 Å². The summed E-state index contributed by atoms with van der Waals surface area (Å²) in [5, 5.41) is 0.908. The highest BCUT2D eigenvalue weighted by molar-refractivity contribution is 7.98. The Labute approximate surface area is 121 Å². The zero-order valence-corrected chi connectivity index (χ0v) is 11.9. The van der Waals surface area contributed by atoms with E-state index in [1.807, 2.05) is 54.8 Å². The minimum Gasteiger partial charge on any atom is -0.455 e. The number of ether oxygens (including phenoxy) is 1. The van der Waals surface area contributed by atoms with Gasteiger partial charge in [-0.1, -0.05) is 0 Å². The molecule has 0 aliphatic heterocycles. The Balaban J connectivity index is 1.95. The van der Waals surface area contributed by atoms with Crippen molar-refractivity contribution in [3.8, 4) is 11.5 Å². The molecule has 20 heavy (non-hydrogen) atoms. The number of fused-ring (bicyclic) bond motifs is 1. The predicted molar refractivity (Wildman–Crippen MR) is 84.5 cm³/mol. The molecule has 1 aromatic heterocycles. The van der Waals surface area contributed by atoms with Crippen molar-refractivity contribution in [1.29, 1.82) is 0 Å². The van der Waals surface area contributed by atoms with Crippen LogP contribution in [-0.2, 0) is 0 Å². The Morgan fingerprint density at radius 1 is 1.05 bits per heavy atom. The van der Waals surface area contributed by atoms with Crippen LogP contribution in [0.1, 0.15) is 0 Å². The Morgan fingerprint density at radius 3 is 2.60 bits per heavy atom. The molecule has 4 heteroatoms. The molecule has 1 heterocycles. The first-order chi connectivity index (χ1) is 9.78. The first kappa shape index (κ1) is 12.8. The highest BCUT2D eigenvalue weighted by Crippen LogP contribution is 2.33. The second-order valence-electron chi connectivity index (χ2n) is 4.33. The van der Waals surface area contributed by atoms with Gasteiger partial charge in [0, 0.05) is 16.5 Å². The van der Waals surface area contributed by atoms with E-state index in [2.05, 4.69) is 4.98 Å². The molecule has 3 rings (SSSR count). The highest BCUT2D eigenvalue weighted by Gasteiger charge is 2.07. The van der Waals surface area contributed by atoms with E-state index in [4.69, 9.17) is 10.5 Å². The fourth-order valence-corrected chi connectivity index (χ4v) is 2.42. The molecule has 100 valence electrons. The fourth-order valence-electron chi connectivity index (χ4n) is 2.01. The fraction of sp³-hybridized carbons (Fsp3) is 0.0625. The van der Waals surface area contributed by atoms with Crippen molar-refractivity contribution in [2.75, 3.05) is 12.0 Å². The van der Waals surface area contributed by atoms with Gasteiger partial charge >= 0.3 is 0 Å². The number of pyridine rings is 1. The summed E-state index contributed by atoms with van der Waals surface area (Å²) in [5.74, 6) is 1.43. The maximum atomic E-state index is 6.15. The lowest BCUT2D eigenvalue weighted by Crippen LogP contribution is -1.94. The van der Waals surface area contributed by atoms with Crippen molar-refractivity contribution in [1.82, 2.24) is 4.98 Å².